The van der Waals surface area contributed by atoms with E-state index in [1.807, 2.05) is 0 Å². The van der Waals surface area contributed by atoms with Gasteiger partial charge in [0.2, 0.25) is 0 Å². The van der Waals surface area contributed by atoms with Crippen LogP contribution in [0.25, 0.3) is 10.4 Å². The van der Waals surface area contributed by atoms with Crippen LogP contribution in [0.15, 0.2) is 16.8 Å². The van der Waals surface area contributed by atoms with Gasteiger partial charge in [-0.15, -0.1) is 5.92 Å². The standard InChI is InChI=1S/C28H41N3O3/c1-25-15-16-28(33-18-19-34-28)20-21(25)8-9-22-23(25)10-13-26(2)24(22)11-14-27(26,32)12-6-4-3-5-7-17-30-31-29/h8,22-24,32H,3-5,7,9-11,13-20H2,1-2H3/t22-,23+,24+,25+,26+,27+/m1/s1. The molecule has 1 heterocycles. The number of hydrogen-bond acceptors (Lipinski definition) is 4. The molecule has 34 heavy (non-hydrogen) atoms. The highest BCUT2D eigenvalue weighted by Gasteiger charge is 2.64. The van der Waals surface area contributed by atoms with Crippen molar-refractivity contribution in [2.75, 3.05) is 19.8 Å². The van der Waals surface area contributed by atoms with Gasteiger partial charge >= 0.3 is 0 Å². The second-order valence-corrected chi connectivity index (χ2v) is 12.0. The third-order valence-corrected chi connectivity index (χ3v) is 10.5. The van der Waals surface area contributed by atoms with Crippen molar-refractivity contribution in [3.8, 4) is 11.8 Å². The normalized spacial score (nSPS) is 42.0. The number of fused-ring (bicyclic) bond motifs is 5. The Morgan fingerprint density at radius 3 is 2.68 bits per heavy atom. The maximum atomic E-state index is 11.8. The summed E-state index contributed by atoms with van der Waals surface area (Å²) in [6.07, 6.45) is 14.6. The number of nitrogens with zero attached hydrogens (tertiary/aromatic N) is 3. The highest BCUT2D eigenvalue weighted by atomic mass is 16.7. The smallest absolute Gasteiger partial charge is 0.172 e. The van der Waals surface area contributed by atoms with Crippen LogP contribution in [0.5, 0.6) is 0 Å². The van der Waals surface area contributed by atoms with Crippen LogP contribution in [0.4, 0.5) is 0 Å². The minimum atomic E-state index is -0.860. The summed E-state index contributed by atoms with van der Waals surface area (Å²) in [6.45, 7) is 6.85. The second kappa shape index (κ2) is 9.17. The van der Waals surface area contributed by atoms with Gasteiger partial charge in [0.1, 0.15) is 5.60 Å². The summed E-state index contributed by atoms with van der Waals surface area (Å²) < 4.78 is 12.1. The number of hydrogen-bond donors (Lipinski definition) is 1. The lowest BCUT2D eigenvalue weighted by Crippen LogP contribution is -2.55. The topological polar surface area (TPSA) is 87.5 Å². The largest absolute Gasteiger partial charge is 0.377 e. The minimum Gasteiger partial charge on any atom is -0.377 e. The molecule has 6 atom stereocenters. The van der Waals surface area contributed by atoms with Gasteiger partial charge in [-0.25, -0.2) is 0 Å². The van der Waals surface area contributed by atoms with Crippen molar-refractivity contribution in [3.63, 3.8) is 0 Å². The van der Waals surface area contributed by atoms with Crippen molar-refractivity contribution in [1.29, 1.82) is 0 Å². The molecule has 4 aliphatic carbocycles. The summed E-state index contributed by atoms with van der Waals surface area (Å²) in [5, 5.41) is 15.4. The van der Waals surface area contributed by atoms with Crippen LogP contribution in [-0.2, 0) is 9.47 Å². The van der Waals surface area contributed by atoms with E-state index in [1.165, 1.54) is 6.42 Å². The fraction of sp³-hybridized carbons (Fsp3) is 0.857. The molecule has 0 bridgehead atoms. The molecule has 1 spiro atoms. The lowest BCUT2D eigenvalue weighted by molar-refractivity contribution is -0.186. The molecule has 5 rings (SSSR count). The lowest BCUT2D eigenvalue weighted by Gasteiger charge is -2.59. The highest BCUT2D eigenvalue weighted by molar-refractivity contribution is 5.30. The zero-order chi connectivity index (χ0) is 23.9. The minimum absolute atomic E-state index is 0.113. The first kappa shape index (κ1) is 24.2. The van der Waals surface area contributed by atoms with Gasteiger partial charge in [0.15, 0.2) is 5.79 Å². The van der Waals surface area contributed by atoms with Crippen molar-refractivity contribution < 1.29 is 14.6 Å². The van der Waals surface area contributed by atoms with Crippen molar-refractivity contribution in [3.05, 3.63) is 22.1 Å². The van der Waals surface area contributed by atoms with Crippen molar-refractivity contribution in [1.82, 2.24) is 0 Å². The monoisotopic (exact) mass is 467 g/mol. The number of ether oxygens (including phenoxy) is 2. The van der Waals surface area contributed by atoms with E-state index in [0.717, 1.165) is 83.8 Å². The number of azide groups is 1. The average Bonchev–Trinajstić information content (AvgIpc) is 3.39. The number of allylic oxidation sites excluding steroid dienone is 1. The molecular formula is C28H41N3O3. The van der Waals surface area contributed by atoms with Gasteiger partial charge in [-0.3, -0.25) is 0 Å². The van der Waals surface area contributed by atoms with Gasteiger partial charge in [-0.05, 0) is 80.1 Å². The molecule has 1 saturated heterocycles. The van der Waals surface area contributed by atoms with E-state index in [0.29, 0.717) is 24.3 Å². The molecule has 0 unspecified atom stereocenters. The summed E-state index contributed by atoms with van der Waals surface area (Å²) >= 11 is 0. The summed E-state index contributed by atoms with van der Waals surface area (Å²) in [7, 11) is 0. The predicted molar refractivity (Wildman–Crippen MR) is 132 cm³/mol. The van der Waals surface area contributed by atoms with E-state index < -0.39 is 5.60 Å². The fourth-order valence-electron chi connectivity index (χ4n) is 8.40. The number of unbranched alkanes of at least 4 members (excludes halogenated alkanes) is 3. The van der Waals surface area contributed by atoms with Crippen LogP contribution in [0.2, 0.25) is 0 Å². The zero-order valence-electron chi connectivity index (χ0n) is 21.0. The van der Waals surface area contributed by atoms with E-state index in [1.54, 1.807) is 5.57 Å². The molecule has 186 valence electrons. The van der Waals surface area contributed by atoms with Crippen LogP contribution in [0, 0.1) is 40.4 Å². The van der Waals surface area contributed by atoms with Crippen LogP contribution in [0.1, 0.15) is 90.9 Å². The Morgan fingerprint density at radius 1 is 1.09 bits per heavy atom. The molecule has 0 radical (unpaired) electrons. The molecule has 1 N–H and O–H groups in total. The van der Waals surface area contributed by atoms with Crippen LogP contribution in [0.3, 0.4) is 0 Å². The Bertz CT molecular complexity index is 925. The zero-order valence-corrected chi connectivity index (χ0v) is 21.0. The van der Waals surface area contributed by atoms with Gasteiger partial charge in [-0.1, -0.05) is 43.0 Å². The molecule has 6 heteroatoms. The molecule has 5 aliphatic rings. The average molecular weight is 468 g/mol. The Kier molecular flexibility index (Phi) is 6.53. The Balaban J connectivity index is 1.27. The second-order valence-electron chi connectivity index (χ2n) is 12.0. The van der Waals surface area contributed by atoms with E-state index in [4.69, 9.17) is 15.0 Å². The molecule has 0 amide bonds. The predicted octanol–water partition coefficient (Wildman–Crippen LogP) is 6.30. The van der Waals surface area contributed by atoms with Gasteiger partial charge in [0.05, 0.1) is 13.2 Å². The molecule has 0 aromatic carbocycles. The summed E-state index contributed by atoms with van der Waals surface area (Å²) in [6, 6.07) is 0. The summed E-state index contributed by atoms with van der Waals surface area (Å²) in [4.78, 5) is 2.80. The number of rotatable bonds is 5. The SMILES string of the molecule is C[C@]12CCC3(CC1=CC[C@@H]1[C@@H]2CC[C@@]2(C)[C@H]1CC[C@@]2(O)C#CCCCCCN=[N+]=[N-])OCCO3. The lowest BCUT2D eigenvalue weighted by atomic mass is 9.47. The van der Waals surface area contributed by atoms with Crippen molar-refractivity contribution >= 4 is 0 Å². The van der Waals surface area contributed by atoms with Crippen LogP contribution < -0.4 is 0 Å². The molecule has 0 aromatic rings. The van der Waals surface area contributed by atoms with E-state index in [9.17, 15) is 5.11 Å². The maximum Gasteiger partial charge on any atom is 0.172 e. The van der Waals surface area contributed by atoms with Gasteiger partial charge < -0.3 is 14.6 Å². The van der Waals surface area contributed by atoms with Crippen LogP contribution in [-0.4, -0.2) is 36.3 Å². The van der Waals surface area contributed by atoms with Crippen molar-refractivity contribution in [2.45, 2.75) is 102 Å². The summed E-state index contributed by atoms with van der Waals surface area (Å²) in [5.74, 6) is 8.22. The third kappa shape index (κ3) is 3.90. The molecule has 0 aromatic heterocycles. The van der Waals surface area contributed by atoms with Gasteiger partial charge in [0, 0.05) is 36.1 Å². The van der Waals surface area contributed by atoms with E-state index in [-0.39, 0.29) is 16.6 Å². The first-order valence-electron chi connectivity index (χ1n) is 13.6. The van der Waals surface area contributed by atoms with E-state index in [2.05, 4.69) is 41.8 Å². The van der Waals surface area contributed by atoms with Gasteiger partial charge in [-0.2, -0.15) is 0 Å². The van der Waals surface area contributed by atoms with E-state index >= 15 is 0 Å². The van der Waals surface area contributed by atoms with Crippen LogP contribution >= 0.6 is 0 Å². The quantitative estimate of drug-likeness (QED) is 0.129. The Hall–Kier alpha value is -1.51. The first-order chi connectivity index (χ1) is 16.4. The Labute approximate surface area is 204 Å². The highest BCUT2D eigenvalue weighted by Crippen LogP contribution is 2.67. The molecule has 3 saturated carbocycles. The maximum absolute atomic E-state index is 11.8. The first-order valence-corrected chi connectivity index (χ1v) is 13.6. The molecule has 4 fully saturated rings. The molecule has 1 aliphatic heterocycles. The molecular weight excluding hydrogens is 426 g/mol. The third-order valence-electron chi connectivity index (χ3n) is 10.5. The summed E-state index contributed by atoms with van der Waals surface area (Å²) in [5.41, 5.74) is 9.20. The Morgan fingerprint density at radius 2 is 1.88 bits per heavy atom. The fourth-order valence-corrected chi connectivity index (χ4v) is 8.40. The van der Waals surface area contributed by atoms with Gasteiger partial charge in [0.25, 0.3) is 0 Å². The number of aliphatic hydroxyl groups is 1. The molecule has 6 nitrogen and oxygen atoms in total. The van der Waals surface area contributed by atoms with Crippen molar-refractivity contribution in [2.24, 2.45) is 33.7 Å².